The largest absolute Gasteiger partial charge is 0.490 e. The Bertz CT molecular complexity index is 621. The molecule has 3 rings (SSSR count). The molecular weight excluding hydrogens is 312 g/mol. The predicted molar refractivity (Wildman–Crippen MR) is 83.7 cm³/mol. The molecule has 118 valence electrons. The van der Waals surface area contributed by atoms with Gasteiger partial charge in [0, 0.05) is 32.1 Å². The van der Waals surface area contributed by atoms with Gasteiger partial charge in [-0.2, -0.15) is 4.31 Å². The Labute approximate surface area is 132 Å². The molecule has 2 aliphatic rings. The Hall–Kier alpha value is -0.820. The Morgan fingerprint density at radius 3 is 2.81 bits per heavy atom. The second-order valence-corrected chi connectivity index (χ2v) is 7.46. The van der Waals surface area contributed by atoms with Crippen LogP contribution in [-0.2, 0) is 16.4 Å². The fourth-order valence-electron chi connectivity index (χ4n) is 2.87. The van der Waals surface area contributed by atoms with Crippen LogP contribution in [0.15, 0.2) is 23.1 Å². The SMILES string of the molecule is CC1Cc2cc(S(=O)(=O)N3CCNCC3C)ccc2O1.Cl. The van der Waals surface area contributed by atoms with Crippen molar-refractivity contribution >= 4 is 22.4 Å². The molecule has 0 radical (unpaired) electrons. The van der Waals surface area contributed by atoms with Crippen molar-refractivity contribution in [3.8, 4) is 5.75 Å². The molecule has 0 aromatic heterocycles. The Balaban J connectivity index is 0.00000161. The number of sulfonamides is 1. The molecule has 2 unspecified atom stereocenters. The van der Waals surface area contributed by atoms with Crippen LogP contribution in [0.4, 0.5) is 0 Å². The van der Waals surface area contributed by atoms with Gasteiger partial charge in [0.15, 0.2) is 0 Å². The zero-order valence-corrected chi connectivity index (χ0v) is 13.8. The summed E-state index contributed by atoms with van der Waals surface area (Å²) in [5.41, 5.74) is 0.987. The maximum absolute atomic E-state index is 12.7. The molecule has 1 saturated heterocycles. The van der Waals surface area contributed by atoms with Gasteiger partial charge < -0.3 is 10.1 Å². The molecule has 1 fully saturated rings. The topological polar surface area (TPSA) is 58.6 Å². The smallest absolute Gasteiger partial charge is 0.243 e. The monoisotopic (exact) mass is 332 g/mol. The van der Waals surface area contributed by atoms with E-state index in [1.54, 1.807) is 22.5 Å². The van der Waals surface area contributed by atoms with Gasteiger partial charge in [0.25, 0.3) is 0 Å². The minimum absolute atomic E-state index is 0. The molecule has 2 heterocycles. The highest BCUT2D eigenvalue weighted by Gasteiger charge is 2.32. The van der Waals surface area contributed by atoms with E-state index in [1.165, 1.54) is 0 Å². The number of hydrogen-bond acceptors (Lipinski definition) is 4. The lowest BCUT2D eigenvalue weighted by Crippen LogP contribution is -2.52. The van der Waals surface area contributed by atoms with Gasteiger partial charge in [-0.1, -0.05) is 0 Å². The molecule has 0 amide bonds. The highest BCUT2D eigenvalue weighted by atomic mass is 35.5. The summed E-state index contributed by atoms with van der Waals surface area (Å²) in [5, 5.41) is 3.21. The number of hydrogen-bond donors (Lipinski definition) is 1. The number of benzene rings is 1. The lowest BCUT2D eigenvalue weighted by Gasteiger charge is -2.32. The van der Waals surface area contributed by atoms with E-state index in [0.717, 1.165) is 17.7 Å². The Kier molecular flexibility index (Phi) is 4.82. The average Bonchev–Trinajstić information content (AvgIpc) is 2.78. The van der Waals surface area contributed by atoms with E-state index >= 15 is 0 Å². The first-order valence-corrected chi connectivity index (χ1v) is 8.44. The van der Waals surface area contributed by atoms with Crippen LogP contribution in [0.1, 0.15) is 19.4 Å². The van der Waals surface area contributed by atoms with E-state index in [2.05, 4.69) is 5.32 Å². The summed E-state index contributed by atoms with van der Waals surface area (Å²) in [5.74, 6) is 0.810. The number of fused-ring (bicyclic) bond motifs is 1. The number of ether oxygens (including phenoxy) is 1. The minimum atomic E-state index is -3.41. The molecule has 0 bridgehead atoms. The molecule has 5 nitrogen and oxygen atoms in total. The molecule has 21 heavy (non-hydrogen) atoms. The molecule has 2 aliphatic heterocycles. The van der Waals surface area contributed by atoms with Gasteiger partial charge in [0.05, 0.1) is 4.90 Å². The van der Waals surface area contributed by atoms with Crippen LogP contribution in [0.25, 0.3) is 0 Å². The third kappa shape index (κ3) is 3.04. The van der Waals surface area contributed by atoms with Gasteiger partial charge in [-0.05, 0) is 37.6 Å². The number of nitrogens with one attached hydrogen (secondary N) is 1. The molecule has 0 aliphatic carbocycles. The van der Waals surface area contributed by atoms with Crippen molar-refractivity contribution in [1.29, 1.82) is 0 Å². The quantitative estimate of drug-likeness (QED) is 0.889. The van der Waals surface area contributed by atoms with Crippen LogP contribution in [0.2, 0.25) is 0 Å². The Morgan fingerprint density at radius 1 is 1.33 bits per heavy atom. The van der Waals surface area contributed by atoms with E-state index < -0.39 is 10.0 Å². The fourth-order valence-corrected chi connectivity index (χ4v) is 4.56. The second-order valence-electron chi connectivity index (χ2n) is 5.57. The van der Waals surface area contributed by atoms with Crippen LogP contribution in [0.5, 0.6) is 5.75 Å². The van der Waals surface area contributed by atoms with E-state index in [0.29, 0.717) is 24.5 Å². The first-order chi connectivity index (χ1) is 9.48. The van der Waals surface area contributed by atoms with Gasteiger partial charge in [-0.15, -0.1) is 12.4 Å². The van der Waals surface area contributed by atoms with Crippen molar-refractivity contribution in [3.63, 3.8) is 0 Å². The standard InChI is InChI=1S/C14H20N2O3S.ClH/c1-10-9-15-5-6-16(10)20(17,18)13-3-4-14-12(8-13)7-11(2)19-14;/h3-4,8,10-11,15H,5-7,9H2,1-2H3;1H. The van der Waals surface area contributed by atoms with Crippen LogP contribution in [0.3, 0.4) is 0 Å². The molecule has 1 N–H and O–H groups in total. The van der Waals surface area contributed by atoms with Gasteiger partial charge in [0.2, 0.25) is 10.0 Å². The van der Waals surface area contributed by atoms with Crippen molar-refractivity contribution in [2.24, 2.45) is 0 Å². The molecular formula is C14H21ClN2O3S. The third-order valence-electron chi connectivity index (χ3n) is 3.91. The minimum Gasteiger partial charge on any atom is -0.490 e. The van der Waals surface area contributed by atoms with Gasteiger partial charge >= 0.3 is 0 Å². The average molecular weight is 333 g/mol. The van der Waals surface area contributed by atoms with Crippen molar-refractivity contribution in [1.82, 2.24) is 9.62 Å². The molecule has 1 aromatic rings. The number of piperazine rings is 1. The van der Waals surface area contributed by atoms with E-state index in [9.17, 15) is 8.42 Å². The number of halogens is 1. The fraction of sp³-hybridized carbons (Fsp3) is 0.571. The zero-order valence-electron chi connectivity index (χ0n) is 12.2. The number of nitrogens with zero attached hydrogens (tertiary/aromatic N) is 1. The lowest BCUT2D eigenvalue weighted by molar-refractivity contribution is 0.254. The summed E-state index contributed by atoms with van der Waals surface area (Å²) >= 11 is 0. The predicted octanol–water partition coefficient (Wildman–Crippen LogP) is 1.41. The molecule has 2 atom stereocenters. The van der Waals surface area contributed by atoms with E-state index in [4.69, 9.17) is 4.74 Å². The Morgan fingerprint density at radius 2 is 2.10 bits per heavy atom. The van der Waals surface area contributed by atoms with Crippen molar-refractivity contribution < 1.29 is 13.2 Å². The number of rotatable bonds is 2. The van der Waals surface area contributed by atoms with Crippen LogP contribution in [0, 0.1) is 0 Å². The summed E-state index contributed by atoms with van der Waals surface area (Å²) < 4.78 is 32.7. The highest BCUT2D eigenvalue weighted by molar-refractivity contribution is 7.89. The highest BCUT2D eigenvalue weighted by Crippen LogP contribution is 2.32. The molecule has 0 saturated carbocycles. The van der Waals surface area contributed by atoms with Crippen molar-refractivity contribution in [3.05, 3.63) is 23.8 Å². The summed E-state index contributed by atoms with van der Waals surface area (Å²) in [7, 11) is -3.41. The first-order valence-electron chi connectivity index (χ1n) is 7.00. The molecule has 0 spiro atoms. The molecule has 7 heteroatoms. The zero-order chi connectivity index (χ0) is 14.3. The summed E-state index contributed by atoms with van der Waals surface area (Å²) in [6, 6.07) is 5.18. The normalized spacial score (nSPS) is 25.8. The van der Waals surface area contributed by atoms with Crippen LogP contribution in [-0.4, -0.2) is 44.5 Å². The first kappa shape index (κ1) is 16.5. The maximum Gasteiger partial charge on any atom is 0.243 e. The van der Waals surface area contributed by atoms with E-state index in [1.807, 2.05) is 13.8 Å². The second kappa shape index (κ2) is 6.12. The maximum atomic E-state index is 12.7. The van der Waals surface area contributed by atoms with Gasteiger partial charge in [-0.25, -0.2) is 8.42 Å². The summed E-state index contributed by atoms with van der Waals surface area (Å²) in [4.78, 5) is 0.378. The van der Waals surface area contributed by atoms with Crippen LogP contribution >= 0.6 is 12.4 Å². The summed E-state index contributed by atoms with van der Waals surface area (Å²) in [6.45, 7) is 5.85. The van der Waals surface area contributed by atoms with Gasteiger partial charge in [0.1, 0.15) is 11.9 Å². The lowest BCUT2D eigenvalue weighted by atomic mass is 10.1. The van der Waals surface area contributed by atoms with Crippen molar-refractivity contribution in [2.45, 2.75) is 37.3 Å². The van der Waals surface area contributed by atoms with Crippen molar-refractivity contribution in [2.75, 3.05) is 19.6 Å². The molecule has 1 aromatic carbocycles. The van der Waals surface area contributed by atoms with E-state index in [-0.39, 0.29) is 24.6 Å². The van der Waals surface area contributed by atoms with Crippen LogP contribution < -0.4 is 10.1 Å². The third-order valence-corrected chi connectivity index (χ3v) is 5.92. The van der Waals surface area contributed by atoms with Gasteiger partial charge in [-0.3, -0.25) is 0 Å². The summed E-state index contributed by atoms with van der Waals surface area (Å²) in [6.07, 6.45) is 0.900.